The van der Waals surface area contributed by atoms with Crippen molar-refractivity contribution in [2.45, 2.75) is 17.2 Å². The first-order valence-corrected chi connectivity index (χ1v) is 12.1. The lowest BCUT2D eigenvalue weighted by Gasteiger charge is -2.11. The van der Waals surface area contributed by atoms with Crippen molar-refractivity contribution in [1.29, 1.82) is 0 Å². The average molecular weight is 469 g/mol. The molecule has 30 heavy (non-hydrogen) atoms. The number of nitrogens with one attached hydrogen (secondary N) is 2. The SMILES string of the molecule is C#CCN/C(=N/CCSCc1ccc(CN(C)C)o1)NS(=O)(=O)c1ccc(Cl)cc1. The smallest absolute Gasteiger partial charge is 0.264 e. The van der Waals surface area contributed by atoms with Gasteiger partial charge in [0, 0.05) is 10.8 Å². The van der Waals surface area contributed by atoms with Crippen LogP contribution in [0.4, 0.5) is 0 Å². The van der Waals surface area contributed by atoms with Gasteiger partial charge in [0.2, 0.25) is 5.96 Å². The Morgan fingerprint density at radius 2 is 1.93 bits per heavy atom. The molecule has 0 fully saturated rings. The topological polar surface area (TPSA) is 86.9 Å². The summed E-state index contributed by atoms with van der Waals surface area (Å²) in [5.74, 6) is 5.73. The molecular weight excluding hydrogens is 444 g/mol. The minimum absolute atomic E-state index is 0.0860. The fraction of sp³-hybridized carbons (Fsp3) is 0.350. The maximum absolute atomic E-state index is 12.5. The number of aliphatic imine (C=N–C) groups is 1. The molecule has 2 N–H and O–H groups in total. The normalized spacial score (nSPS) is 12.0. The van der Waals surface area contributed by atoms with E-state index in [0.717, 1.165) is 18.1 Å². The van der Waals surface area contributed by atoms with E-state index in [1.54, 1.807) is 11.8 Å². The van der Waals surface area contributed by atoms with Crippen LogP contribution in [0.1, 0.15) is 11.5 Å². The van der Waals surface area contributed by atoms with E-state index in [-0.39, 0.29) is 17.4 Å². The quantitative estimate of drug-likeness (QED) is 0.241. The molecule has 0 bridgehead atoms. The fourth-order valence-corrected chi connectivity index (χ4v) is 4.20. The van der Waals surface area contributed by atoms with Crippen LogP contribution in [0.2, 0.25) is 5.02 Å². The summed E-state index contributed by atoms with van der Waals surface area (Å²) < 4.78 is 33.2. The number of benzene rings is 1. The van der Waals surface area contributed by atoms with Crippen LogP contribution in [0.5, 0.6) is 0 Å². The third-order valence-electron chi connectivity index (χ3n) is 3.65. The largest absolute Gasteiger partial charge is 0.464 e. The van der Waals surface area contributed by atoms with Gasteiger partial charge in [0.05, 0.1) is 30.3 Å². The molecule has 162 valence electrons. The first kappa shape index (κ1) is 24.2. The number of furan rings is 1. The second-order valence-electron chi connectivity index (χ2n) is 6.51. The van der Waals surface area contributed by atoms with Crippen molar-refractivity contribution >= 4 is 39.3 Å². The van der Waals surface area contributed by atoms with Gasteiger partial charge in [-0.25, -0.2) is 13.1 Å². The first-order chi connectivity index (χ1) is 14.3. The minimum atomic E-state index is -3.80. The number of thioether (sulfide) groups is 1. The first-order valence-electron chi connectivity index (χ1n) is 9.10. The molecule has 7 nitrogen and oxygen atoms in total. The molecule has 0 aliphatic rings. The Kier molecular flexibility index (Phi) is 9.59. The fourth-order valence-electron chi connectivity index (χ4n) is 2.35. The molecule has 1 aromatic carbocycles. The highest BCUT2D eigenvalue weighted by atomic mass is 35.5. The second-order valence-corrected chi connectivity index (χ2v) is 9.73. The number of halogens is 1. The Bertz CT molecular complexity index is 980. The van der Waals surface area contributed by atoms with Crippen LogP contribution in [0.25, 0.3) is 0 Å². The molecule has 10 heteroatoms. The van der Waals surface area contributed by atoms with Crippen molar-refractivity contribution in [1.82, 2.24) is 14.9 Å². The number of sulfonamides is 1. The Morgan fingerprint density at radius 3 is 2.60 bits per heavy atom. The average Bonchev–Trinajstić information content (AvgIpc) is 3.12. The zero-order chi connectivity index (χ0) is 22.0. The number of guanidine groups is 1. The molecule has 2 rings (SSSR count). The summed E-state index contributed by atoms with van der Waals surface area (Å²) in [5.41, 5.74) is 0. The van der Waals surface area contributed by atoms with E-state index in [1.165, 1.54) is 24.3 Å². The van der Waals surface area contributed by atoms with E-state index >= 15 is 0 Å². The van der Waals surface area contributed by atoms with E-state index < -0.39 is 10.0 Å². The second kappa shape index (κ2) is 11.9. The minimum Gasteiger partial charge on any atom is -0.464 e. The molecule has 0 aliphatic heterocycles. The lowest BCUT2D eigenvalue weighted by Crippen LogP contribution is -2.41. The molecule has 0 radical (unpaired) electrons. The highest BCUT2D eigenvalue weighted by Gasteiger charge is 2.16. The van der Waals surface area contributed by atoms with Crippen LogP contribution in [0, 0.1) is 12.3 Å². The molecular formula is C20H25ClN4O3S2. The molecule has 0 unspecified atom stereocenters. The summed E-state index contributed by atoms with van der Waals surface area (Å²) in [6.07, 6.45) is 5.26. The van der Waals surface area contributed by atoms with Crippen LogP contribution < -0.4 is 10.0 Å². The van der Waals surface area contributed by atoms with Crippen LogP contribution >= 0.6 is 23.4 Å². The number of rotatable bonds is 10. The van der Waals surface area contributed by atoms with Crippen molar-refractivity contribution in [3.8, 4) is 12.3 Å². The van der Waals surface area contributed by atoms with Gasteiger partial charge in [-0.2, -0.15) is 11.8 Å². The summed E-state index contributed by atoms with van der Waals surface area (Å²) in [7, 11) is 0.180. The molecule has 0 aliphatic carbocycles. The van der Waals surface area contributed by atoms with E-state index in [9.17, 15) is 8.42 Å². The predicted molar refractivity (Wildman–Crippen MR) is 123 cm³/mol. The van der Waals surface area contributed by atoms with Gasteiger partial charge in [0.1, 0.15) is 11.5 Å². The van der Waals surface area contributed by atoms with E-state index in [4.69, 9.17) is 22.4 Å². The Hall–Kier alpha value is -2.12. The third-order valence-corrected chi connectivity index (χ3v) is 6.22. The van der Waals surface area contributed by atoms with Crippen molar-refractivity contribution < 1.29 is 12.8 Å². The molecule has 0 saturated carbocycles. The van der Waals surface area contributed by atoms with Crippen molar-refractivity contribution in [3.63, 3.8) is 0 Å². The standard InChI is InChI=1S/C20H25ClN4O3S2/c1-4-11-22-20(24-30(26,27)19-9-5-16(21)6-10-19)23-12-13-29-15-18-8-7-17(28-18)14-25(2)3/h1,5-10H,11-15H2,2-3H3,(H2,22,23,24). The maximum Gasteiger partial charge on any atom is 0.264 e. The molecule has 0 amide bonds. The summed E-state index contributed by atoms with van der Waals surface area (Å²) in [4.78, 5) is 6.43. The zero-order valence-electron chi connectivity index (χ0n) is 16.9. The number of terminal acetylenes is 1. The lowest BCUT2D eigenvalue weighted by atomic mass is 10.4. The Morgan fingerprint density at radius 1 is 1.23 bits per heavy atom. The number of nitrogens with zero attached hydrogens (tertiary/aromatic N) is 2. The zero-order valence-corrected chi connectivity index (χ0v) is 19.3. The van der Waals surface area contributed by atoms with Crippen molar-refractivity contribution in [3.05, 3.63) is 52.9 Å². The van der Waals surface area contributed by atoms with Crippen LogP contribution in [-0.2, 0) is 22.3 Å². The Labute approximate surface area is 187 Å². The summed E-state index contributed by atoms with van der Waals surface area (Å²) >= 11 is 7.46. The number of hydrogen-bond acceptors (Lipinski definition) is 6. The van der Waals surface area contributed by atoms with Gasteiger partial charge in [0.15, 0.2) is 0 Å². The van der Waals surface area contributed by atoms with E-state index in [0.29, 0.717) is 23.1 Å². The van der Waals surface area contributed by atoms with Crippen LogP contribution in [0.15, 0.2) is 50.7 Å². The van der Waals surface area contributed by atoms with E-state index in [1.807, 2.05) is 31.1 Å². The van der Waals surface area contributed by atoms with Gasteiger partial charge in [-0.3, -0.25) is 4.99 Å². The molecule has 0 atom stereocenters. The molecule has 1 aromatic heterocycles. The van der Waals surface area contributed by atoms with Crippen LogP contribution in [-0.4, -0.2) is 52.2 Å². The van der Waals surface area contributed by atoms with E-state index in [2.05, 4.69) is 21.0 Å². The van der Waals surface area contributed by atoms with Gasteiger partial charge in [0.25, 0.3) is 10.0 Å². The Balaban J connectivity index is 1.89. The number of hydrogen-bond donors (Lipinski definition) is 2. The van der Waals surface area contributed by atoms with Crippen molar-refractivity contribution in [2.24, 2.45) is 4.99 Å². The van der Waals surface area contributed by atoms with Crippen molar-refractivity contribution in [2.75, 3.05) is 32.9 Å². The molecule has 0 spiro atoms. The van der Waals surface area contributed by atoms with Gasteiger partial charge >= 0.3 is 0 Å². The highest BCUT2D eigenvalue weighted by Crippen LogP contribution is 2.16. The van der Waals surface area contributed by atoms with Crippen LogP contribution in [0.3, 0.4) is 0 Å². The lowest BCUT2D eigenvalue weighted by molar-refractivity contribution is 0.344. The van der Waals surface area contributed by atoms with Gasteiger partial charge in [-0.05, 0) is 50.5 Å². The summed E-state index contributed by atoms with van der Waals surface area (Å²) in [6, 6.07) is 9.81. The maximum atomic E-state index is 12.5. The molecule has 0 saturated heterocycles. The summed E-state index contributed by atoms with van der Waals surface area (Å²) in [6.45, 7) is 1.31. The monoisotopic (exact) mass is 468 g/mol. The van der Waals surface area contributed by atoms with Gasteiger partial charge in [-0.15, -0.1) is 6.42 Å². The third kappa shape index (κ3) is 8.32. The van der Waals surface area contributed by atoms with Gasteiger partial charge in [-0.1, -0.05) is 17.5 Å². The predicted octanol–water partition coefficient (Wildman–Crippen LogP) is 2.79. The highest BCUT2D eigenvalue weighted by molar-refractivity contribution is 7.98. The summed E-state index contributed by atoms with van der Waals surface area (Å²) in [5, 5.41) is 3.26. The molecule has 1 heterocycles. The van der Waals surface area contributed by atoms with Gasteiger partial charge < -0.3 is 14.6 Å². The molecule has 2 aromatic rings.